The van der Waals surface area contributed by atoms with Crippen LogP contribution in [0.1, 0.15) is 34.1 Å². The van der Waals surface area contributed by atoms with E-state index in [1.165, 1.54) is 11.8 Å². The third kappa shape index (κ3) is 4.40. The van der Waals surface area contributed by atoms with E-state index >= 15 is 0 Å². The minimum absolute atomic E-state index is 0.00337. The number of hydrogen-bond donors (Lipinski definition) is 1. The Bertz CT molecular complexity index is 448. The molecule has 0 radical (unpaired) electrons. The molecule has 7 heteroatoms. The van der Waals surface area contributed by atoms with Gasteiger partial charge in [0.2, 0.25) is 5.95 Å². The van der Waals surface area contributed by atoms with Gasteiger partial charge in [0.05, 0.1) is 5.75 Å². The first kappa shape index (κ1) is 16.8. The van der Waals surface area contributed by atoms with Crippen molar-refractivity contribution in [2.24, 2.45) is 5.92 Å². The number of nitrogens with zero attached hydrogens (tertiary/aromatic N) is 4. The molecule has 1 aromatic rings. The Kier molecular flexibility index (Phi) is 6.32. The van der Waals surface area contributed by atoms with E-state index in [1.807, 2.05) is 18.5 Å². The van der Waals surface area contributed by atoms with Crippen LogP contribution < -0.4 is 4.90 Å². The molecule has 1 aromatic heterocycles. The molecule has 0 saturated heterocycles. The van der Waals surface area contributed by atoms with Crippen LogP contribution in [-0.4, -0.2) is 44.7 Å². The van der Waals surface area contributed by atoms with Crippen LogP contribution in [-0.2, 0) is 11.3 Å². The minimum atomic E-state index is -0.844. The lowest BCUT2D eigenvalue weighted by Crippen LogP contribution is -2.32. The zero-order valence-corrected chi connectivity index (χ0v) is 13.6. The molecule has 114 valence electrons. The van der Waals surface area contributed by atoms with Crippen LogP contribution >= 0.6 is 11.8 Å². The second-order valence-corrected chi connectivity index (χ2v) is 6.24. The van der Waals surface area contributed by atoms with Gasteiger partial charge in [0.1, 0.15) is 0 Å². The number of aliphatic carboxylic acids is 1. The van der Waals surface area contributed by atoms with Crippen LogP contribution in [0, 0.1) is 5.92 Å². The molecule has 0 aliphatic carbocycles. The maximum atomic E-state index is 10.7. The summed E-state index contributed by atoms with van der Waals surface area (Å²) < 4.78 is 1.96. The average molecular weight is 300 g/mol. The van der Waals surface area contributed by atoms with Gasteiger partial charge in [0.25, 0.3) is 0 Å². The summed E-state index contributed by atoms with van der Waals surface area (Å²) in [6.45, 7) is 9.30. The normalized spacial score (nSPS) is 12.7. The van der Waals surface area contributed by atoms with Gasteiger partial charge in [-0.15, -0.1) is 10.2 Å². The Morgan fingerprint density at radius 2 is 2.05 bits per heavy atom. The third-order valence-electron chi connectivity index (χ3n) is 3.13. The van der Waals surface area contributed by atoms with Gasteiger partial charge in [-0.2, -0.15) is 0 Å². The highest BCUT2D eigenvalue weighted by molar-refractivity contribution is 7.99. The van der Waals surface area contributed by atoms with E-state index in [0.717, 1.165) is 18.9 Å². The van der Waals surface area contributed by atoms with Crippen LogP contribution in [0.15, 0.2) is 5.16 Å². The summed E-state index contributed by atoms with van der Waals surface area (Å²) in [7, 11) is 2.01. The number of carbonyl (C=O) groups is 1. The van der Waals surface area contributed by atoms with Crippen molar-refractivity contribution in [3.8, 4) is 0 Å². The Morgan fingerprint density at radius 1 is 1.40 bits per heavy atom. The van der Waals surface area contributed by atoms with Crippen LogP contribution in [0.4, 0.5) is 5.95 Å². The summed E-state index contributed by atoms with van der Waals surface area (Å²) in [6.07, 6.45) is 1.07. The van der Waals surface area contributed by atoms with Crippen molar-refractivity contribution in [1.82, 2.24) is 14.8 Å². The fourth-order valence-electron chi connectivity index (χ4n) is 2.09. The van der Waals surface area contributed by atoms with E-state index in [4.69, 9.17) is 5.11 Å². The highest BCUT2D eigenvalue weighted by Crippen LogP contribution is 2.23. The number of anilines is 1. The maximum absolute atomic E-state index is 10.7. The quantitative estimate of drug-likeness (QED) is 0.743. The van der Waals surface area contributed by atoms with E-state index in [2.05, 4.69) is 35.9 Å². The van der Waals surface area contributed by atoms with Gasteiger partial charge in [-0.1, -0.05) is 25.6 Å². The molecule has 1 atom stereocenters. The van der Waals surface area contributed by atoms with Gasteiger partial charge in [0.15, 0.2) is 5.16 Å². The van der Waals surface area contributed by atoms with Gasteiger partial charge in [0, 0.05) is 19.6 Å². The van der Waals surface area contributed by atoms with Gasteiger partial charge in [-0.05, 0) is 26.2 Å². The predicted molar refractivity (Wildman–Crippen MR) is 81.4 cm³/mol. The van der Waals surface area contributed by atoms with E-state index in [1.54, 1.807) is 0 Å². The number of carboxylic acid groups (broad SMARTS) is 1. The van der Waals surface area contributed by atoms with Crippen molar-refractivity contribution in [3.05, 3.63) is 0 Å². The Balaban J connectivity index is 2.86. The minimum Gasteiger partial charge on any atom is -0.481 e. The van der Waals surface area contributed by atoms with Crippen molar-refractivity contribution in [3.63, 3.8) is 0 Å². The topological polar surface area (TPSA) is 71.2 Å². The molecule has 0 aromatic carbocycles. The summed E-state index contributed by atoms with van der Waals surface area (Å²) in [5.41, 5.74) is 0. The lowest BCUT2D eigenvalue weighted by Gasteiger charge is -2.27. The van der Waals surface area contributed by atoms with E-state index in [0.29, 0.717) is 17.1 Å². The number of carboxylic acids is 1. The van der Waals surface area contributed by atoms with E-state index < -0.39 is 5.97 Å². The molecular weight excluding hydrogens is 276 g/mol. The fourth-order valence-corrected chi connectivity index (χ4v) is 2.81. The van der Waals surface area contributed by atoms with Crippen LogP contribution in [0.25, 0.3) is 0 Å². The largest absolute Gasteiger partial charge is 0.481 e. The van der Waals surface area contributed by atoms with E-state index in [-0.39, 0.29) is 5.75 Å². The molecular formula is C13H24N4O2S. The highest BCUT2D eigenvalue weighted by atomic mass is 32.2. The van der Waals surface area contributed by atoms with Gasteiger partial charge >= 0.3 is 5.97 Å². The molecule has 20 heavy (non-hydrogen) atoms. The summed E-state index contributed by atoms with van der Waals surface area (Å²) in [6, 6.07) is 0.363. The molecule has 0 saturated carbocycles. The molecule has 1 rings (SSSR count). The predicted octanol–water partition coefficient (Wildman–Crippen LogP) is 2.35. The monoisotopic (exact) mass is 300 g/mol. The van der Waals surface area contributed by atoms with E-state index in [9.17, 15) is 4.79 Å². The van der Waals surface area contributed by atoms with Crippen LogP contribution in [0.5, 0.6) is 0 Å². The molecule has 0 amide bonds. The zero-order chi connectivity index (χ0) is 15.3. The number of rotatable bonds is 8. The maximum Gasteiger partial charge on any atom is 0.313 e. The first-order valence-electron chi connectivity index (χ1n) is 6.87. The first-order chi connectivity index (χ1) is 9.36. The summed E-state index contributed by atoms with van der Waals surface area (Å²) in [5.74, 6) is 0.576. The molecule has 6 nitrogen and oxygen atoms in total. The standard InChI is InChI=1S/C13H24N4O2S/c1-6-17-12(16(5)10(4)7-9(2)3)14-15-13(17)20-8-11(18)19/h9-10H,6-8H2,1-5H3,(H,18,19). The SMILES string of the molecule is CCn1c(SCC(=O)O)nnc1N(C)C(C)CC(C)C. The van der Waals surface area contributed by atoms with Crippen molar-refractivity contribution in [2.45, 2.75) is 51.9 Å². The lowest BCUT2D eigenvalue weighted by molar-refractivity contribution is -0.133. The van der Waals surface area contributed by atoms with Crippen molar-refractivity contribution < 1.29 is 9.90 Å². The third-order valence-corrected chi connectivity index (χ3v) is 4.08. The zero-order valence-electron chi connectivity index (χ0n) is 12.8. The Morgan fingerprint density at radius 3 is 2.55 bits per heavy atom. The Labute approximate surface area is 124 Å². The summed E-state index contributed by atoms with van der Waals surface area (Å²) in [5, 5.41) is 17.7. The van der Waals surface area contributed by atoms with Crippen molar-refractivity contribution >= 4 is 23.7 Å². The van der Waals surface area contributed by atoms with Crippen molar-refractivity contribution in [2.75, 3.05) is 17.7 Å². The average Bonchev–Trinajstić information content (AvgIpc) is 2.77. The second-order valence-electron chi connectivity index (χ2n) is 5.30. The molecule has 1 unspecified atom stereocenters. The number of thioether (sulfide) groups is 1. The molecule has 0 aliphatic heterocycles. The molecule has 0 spiro atoms. The Hall–Kier alpha value is -1.24. The smallest absolute Gasteiger partial charge is 0.313 e. The molecule has 1 heterocycles. The van der Waals surface area contributed by atoms with Gasteiger partial charge in [-0.25, -0.2) is 0 Å². The fraction of sp³-hybridized carbons (Fsp3) is 0.769. The second kappa shape index (κ2) is 7.52. The van der Waals surface area contributed by atoms with Gasteiger partial charge < -0.3 is 10.0 Å². The lowest BCUT2D eigenvalue weighted by atomic mass is 10.0. The molecule has 0 aliphatic rings. The van der Waals surface area contributed by atoms with Crippen LogP contribution in [0.3, 0.4) is 0 Å². The number of hydrogen-bond acceptors (Lipinski definition) is 5. The number of aromatic nitrogens is 3. The molecule has 0 bridgehead atoms. The summed E-state index contributed by atoms with van der Waals surface area (Å²) >= 11 is 1.21. The van der Waals surface area contributed by atoms with Crippen LogP contribution in [0.2, 0.25) is 0 Å². The summed E-state index contributed by atoms with van der Waals surface area (Å²) in [4.78, 5) is 12.8. The molecule has 1 N–H and O–H groups in total. The first-order valence-corrected chi connectivity index (χ1v) is 7.86. The highest BCUT2D eigenvalue weighted by Gasteiger charge is 2.20. The molecule has 0 fully saturated rings. The van der Waals surface area contributed by atoms with Crippen molar-refractivity contribution in [1.29, 1.82) is 0 Å². The van der Waals surface area contributed by atoms with Gasteiger partial charge in [-0.3, -0.25) is 9.36 Å².